The van der Waals surface area contributed by atoms with Crippen LogP contribution in [0, 0.1) is 5.92 Å². The van der Waals surface area contributed by atoms with E-state index in [2.05, 4.69) is 18.3 Å². The molecular weight excluding hydrogens is 326 g/mol. The number of ether oxygens (including phenoxy) is 1. The molecule has 1 N–H and O–H groups in total. The fraction of sp³-hybridized carbons (Fsp3) is 0.545. The summed E-state index contributed by atoms with van der Waals surface area (Å²) in [5.41, 5.74) is 1.94. The third-order valence-electron chi connectivity index (χ3n) is 4.86. The average molecular weight is 357 g/mol. The molecule has 2 rings (SSSR count). The number of benzene rings is 1. The van der Waals surface area contributed by atoms with Gasteiger partial charge in [0.25, 0.3) is 0 Å². The molecule has 0 atom stereocenters. The Balaban J connectivity index is 2.24. The molecule has 1 aliphatic rings. The van der Waals surface area contributed by atoms with Crippen molar-refractivity contribution in [2.24, 2.45) is 5.92 Å². The molecule has 0 unspecified atom stereocenters. The standard InChI is InChI=1S/C22H31NO3/c1-3-5-13-18(16-17-11-7-6-8-12-17)21(24)19-14-9-10-15-20(19)23-22(25)26-4-2/h9-10,14-17H,3-8,11-13H2,1-2H3,(H,23,25)/b18-16+. The molecule has 0 radical (unpaired) electrons. The van der Waals surface area contributed by atoms with Crippen LogP contribution in [0.4, 0.5) is 10.5 Å². The molecule has 0 aromatic heterocycles. The molecule has 0 spiro atoms. The molecule has 0 bridgehead atoms. The van der Waals surface area contributed by atoms with E-state index in [9.17, 15) is 9.59 Å². The topological polar surface area (TPSA) is 55.4 Å². The second-order valence-electron chi connectivity index (χ2n) is 6.91. The van der Waals surface area contributed by atoms with E-state index in [1.807, 2.05) is 12.1 Å². The predicted octanol–water partition coefficient (Wildman–Crippen LogP) is 6.13. The minimum atomic E-state index is -0.529. The number of ketones is 1. The maximum Gasteiger partial charge on any atom is 0.411 e. The molecule has 0 saturated heterocycles. The number of Topliss-reactive ketones (excluding diaryl/α,β-unsaturated/α-hetero) is 1. The first-order valence-electron chi connectivity index (χ1n) is 9.93. The molecule has 1 fully saturated rings. The summed E-state index contributed by atoms with van der Waals surface area (Å²) in [6.45, 7) is 4.19. The number of carbonyl (C=O) groups is 2. The quantitative estimate of drug-likeness (QED) is 0.449. The molecule has 4 heteroatoms. The minimum absolute atomic E-state index is 0.0245. The van der Waals surface area contributed by atoms with Gasteiger partial charge in [-0.2, -0.15) is 0 Å². The third kappa shape index (κ3) is 6.01. The first-order valence-corrected chi connectivity index (χ1v) is 9.93. The van der Waals surface area contributed by atoms with Gasteiger partial charge in [0, 0.05) is 5.56 Å². The number of rotatable bonds is 8. The highest BCUT2D eigenvalue weighted by molar-refractivity contribution is 6.13. The molecule has 0 heterocycles. The van der Waals surface area contributed by atoms with Crippen LogP contribution in [-0.2, 0) is 4.74 Å². The van der Waals surface area contributed by atoms with Gasteiger partial charge in [-0.05, 0) is 56.2 Å². The molecule has 0 aliphatic heterocycles. The van der Waals surface area contributed by atoms with E-state index < -0.39 is 6.09 Å². The Morgan fingerprint density at radius 2 is 1.88 bits per heavy atom. The Kier molecular flexibility index (Phi) is 8.39. The van der Waals surface area contributed by atoms with Crippen molar-refractivity contribution >= 4 is 17.6 Å². The van der Waals surface area contributed by atoms with Crippen molar-refractivity contribution < 1.29 is 14.3 Å². The summed E-state index contributed by atoms with van der Waals surface area (Å²) in [6, 6.07) is 7.18. The summed E-state index contributed by atoms with van der Waals surface area (Å²) in [6.07, 6.45) is 10.7. The van der Waals surface area contributed by atoms with Crippen molar-refractivity contribution in [1.82, 2.24) is 0 Å². The first kappa shape index (κ1) is 20.2. The Morgan fingerprint density at radius 3 is 2.58 bits per heavy atom. The zero-order valence-corrected chi connectivity index (χ0v) is 16.1. The minimum Gasteiger partial charge on any atom is -0.450 e. The summed E-state index contributed by atoms with van der Waals surface area (Å²) in [5.74, 6) is 0.529. The number of unbranched alkanes of at least 4 members (excludes halogenated alkanes) is 1. The Hall–Kier alpha value is -2.10. The summed E-state index contributed by atoms with van der Waals surface area (Å²) in [7, 11) is 0. The average Bonchev–Trinajstić information content (AvgIpc) is 2.66. The zero-order valence-electron chi connectivity index (χ0n) is 16.1. The predicted molar refractivity (Wildman–Crippen MR) is 106 cm³/mol. The largest absolute Gasteiger partial charge is 0.450 e. The van der Waals surface area contributed by atoms with E-state index in [0.29, 0.717) is 23.8 Å². The van der Waals surface area contributed by atoms with Crippen LogP contribution >= 0.6 is 0 Å². The van der Waals surface area contributed by atoms with Crippen molar-refractivity contribution in [3.63, 3.8) is 0 Å². The summed E-state index contributed by atoms with van der Waals surface area (Å²) < 4.78 is 4.95. The van der Waals surface area contributed by atoms with E-state index in [1.165, 1.54) is 32.1 Å². The normalized spacial score (nSPS) is 15.5. The van der Waals surface area contributed by atoms with Crippen molar-refractivity contribution in [3.8, 4) is 0 Å². The Morgan fingerprint density at radius 1 is 1.15 bits per heavy atom. The first-order chi connectivity index (χ1) is 12.7. The van der Waals surface area contributed by atoms with Gasteiger partial charge in [-0.3, -0.25) is 10.1 Å². The maximum atomic E-state index is 13.2. The molecule has 142 valence electrons. The van der Waals surface area contributed by atoms with Crippen molar-refractivity contribution in [2.75, 3.05) is 11.9 Å². The van der Waals surface area contributed by atoms with Gasteiger partial charge in [-0.15, -0.1) is 0 Å². The van der Waals surface area contributed by atoms with Crippen LogP contribution in [0.3, 0.4) is 0 Å². The highest BCUT2D eigenvalue weighted by atomic mass is 16.5. The number of anilines is 1. The molecule has 1 saturated carbocycles. The van der Waals surface area contributed by atoms with Crippen LogP contribution in [0.25, 0.3) is 0 Å². The molecule has 4 nitrogen and oxygen atoms in total. The van der Waals surface area contributed by atoms with Crippen molar-refractivity contribution in [3.05, 3.63) is 41.5 Å². The van der Waals surface area contributed by atoms with Gasteiger partial charge in [0.1, 0.15) is 0 Å². The van der Waals surface area contributed by atoms with Gasteiger partial charge >= 0.3 is 6.09 Å². The van der Waals surface area contributed by atoms with Crippen LogP contribution in [0.1, 0.15) is 75.6 Å². The van der Waals surface area contributed by atoms with Crippen LogP contribution in [0.15, 0.2) is 35.9 Å². The Bertz CT molecular complexity index is 630. The van der Waals surface area contributed by atoms with Gasteiger partial charge in [0.2, 0.25) is 0 Å². The maximum absolute atomic E-state index is 13.2. The molecular formula is C22H31NO3. The van der Waals surface area contributed by atoms with Crippen LogP contribution in [0.2, 0.25) is 0 Å². The number of hydrogen-bond acceptors (Lipinski definition) is 3. The van der Waals surface area contributed by atoms with Gasteiger partial charge in [0.05, 0.1) is 12.3 Å². The SMILES string of the molecule is CCCC/C(=C\C1CCCCC1)C(=O)c1ccccc1NC(=O)OCC. The number of para-hydroxylation sites is 1. The van der Waals surface area contributed by atoms with Crippen LogP contribution in [0.5, 0.6) is 0 Å². The van der Waals surface area contributed by atoms with E-state index in [1.54, 1.807) is 19.1 Å². The van der Waals surface area contributed by atoms with Crippen molar-refractivity contribution in [2.45, 2.75) is 65.2 Å². The lowest BCUT2D eigenvalue weighted by atomic mass is 9.85. The number of carbonyl (C=O) groups excluding carboxylic acids is 2. The summed E-state index contributed by atoms with van der Waals surface area (Å²) in [4.78, 5) is 25.0. The second kappa shape index (κ2) is 10.8. The molecule has 26 heavy (non-hydrogen) atoms. The second-order valence-corrected chi connectivity index (χ2v) is 6.91. The lowest BCUT2D eigenvalue weighted by Crippen LogP contribution is -2.17. The third-order valence-corrected chi connectivity index (χ3v) is 4.86. The fourth-order valence-electron chi connectivity index (χ4n) is 3.47. The number of allylic oxidation sites excluding steroid dienone is 2. The smallest absolute Gasteiger partial charge is 0.411 e. The van der Waals surface area contributed by atoms with Gasteiger partial charge in [-0.25, -0.2) is 4.79 Å². The number of nitrogens with one attached hydrogen (secondary N) is 1. The lowest BCUT2D eigenvalue weighted by molar-refractivity contribution is 0.103. The highest BCUT2D eigenvalue weighted by Gasteiger charge is 2.20. The summed E-state index contributed by atoms with van der Waals surface area (Å²) >= 11 is 0. The molecule has 1 amide bonds. The number of hydrogen-bond donors (Lipinski definition) is 1. The van der Waals surface area contributed by atoms with Gasteiger partial charge in [0.15, 0.2) is 5.78 Å². The molecule has 1 aromatic carbocycles. The zero-order chi connectivity index (χ0) is 18.8. The van der Waals surface area contributed by atoms with E-state index in [-0.39, 0.29) is 5.78 Å². The Labute approximate surface area is 157 Å². The fourth-order valence-corrected chi connectivity index (χ4v) is 3.47. The monoisotopic (exact) mass is 357 g/mol. The number of amides is 1. The van der Waals surface area contributed by atoms with Crippen LogP contribution < -0.4 is 5.32 Å². The summed E-state index contributed by atoms with van der Waals surface area (Å²) in [5, 5.41) is 2.70. The molecule has 1 aromatic rings. The molecule has 1 aliphatic carbocycles. The lowest BCUT2D eigenvalue weighted by Gasteiger charge is -2.20. The van der Waals surface area contributed by atoms with Gasteiger partial charge < -0.3 is 4.74 Å². The van der Waals surface area contributed by atoms with Crippen LogP contribution in [-0.4, -0.2) is 18.5 Å². The van der Waals surface area contributed by atoms with E-state index >= 15 is 0 Å². The van der Waals surface area contributed by atoms with E-state index in [0.717, 1.165) is 24.8 Å². The van der Waals surface area contributed by atoms with E-state index in [4.69, 9.17) is 4.74 Å². The highest BCUT2D eigenvalue weighted by Crippen LogP contribution is 2.29. The van der Waals surface area contributed by atoms with Crippen molar-refractivity contribution in [1.29, 1.82) is 0 Å². The van der Waals surface area contributed by atoms with Gasteiger partial charge in [-0.1, -0.05) is 50.8 Å².